The second-order valence-corrected chi connectivity index (χ2v) is 8.33. The van der Waals surface area contributed by atoms with E-state index in [2.05, 4.69) is 20.3 Å². The van der Waals surface area contributed by atoms with E-state index in [-0.39, 0.29) is 34.5 Å². The molecule has 1 atom stereocenters. The standard InChI is InChI=1S/C22H18ClF4N5O2/c1-9(2)28-21(34)13-8-32-14-6-4-11(22(25,26)27)17(23)16(14)19(29-10(3)20(32)30-13)18-12(24)5-7-15(33)31-18/h4-10H,1-3H3,(H,28,34)(H,31,33)/t10-/m0/s1. The van der Waals surface area contributed by atoms with Crippen LogP contribution in [0.15, 0.2) is 35.5 Å². The number of hydrogen-bond acceptors (Lipinski definition) is 5. The molecule has 12 heteroatoms. The Bertz CT molecular complexity index is 1330. The number of nitrogens with zero attached hydrogens (tertiary/aromatic N) is 4. The molecule has 0 saturated heterocycles. The Hall–Kier alpha value is -3.47. The molecule has 178 valence electrons. The monoisotopic (exact) mass is 495 g/mol. The van der Waals surface area contributed by atoms with Crippen LogP contribution in [0.2, 0.25) is 5.02 Å². The summed E-state index contributed by atoms with van der Waals surface area (Å²) in [6, 6.07) is 2.85. The summed E-state index contributed by atoms with van der Waals surface area (Å²) in [5, 5.41) is 11.8. The first-order valence-electron chi connectivity index (χ1n) is 10.1. The highest BCUT2D eigenvalue weighted by molar-refractivity contribution is 6.37. The van der Waals surface area contributed by atoms with E-state index >= 15 is 0 Å². The van der Waals surface area contributed by atoms with Gasteiger partial charge in [-0.05, 0) is 39.0 Å². The smallest absolute Gasteiger partial charge is 0.417 e. The Morgan fingerprint density at radius 2 is 1.91 bits per heavy atom. The number of aliphatic imine (C=N–C) groups is 1. The summed E-state index contributed by atoms with van der Waals surface area (Å²) < 4.78 is 57.1. The molecule has 2 aromatic heterocycles. The zero-order valence-electron chi connectivity index (χ0n) is 18.1. The summed E-state index contributed by atoms with van der Waals surface area (Å²) in [7, 11) is 0. The number of hydrogen-bond donors (Lipinski definition) is 2. The third-order valence-electron chi connectivity index (χ3n) is 5.06. The van der Waals surface area contributed by atoms with E-state index in [1.54, 1.807) is 20.8 Å². The fraction of sp³-hybridized carbons (Fsp3) is 0.273. The molecule has 7 nitrogen and oxygen atoms in total. The van der Waals surface area contributed by atoms with Gasteiger partial charge in [0.25, 0.3) is 5.91 Å². The zero-order chi connectivity index (χ0) is 24.9. The van der Waals surface area contributed by atoms with E-state index in [0.717, 1.165) is 24.3 Å². The molecule has 1 aromatic carbocycles. The summed E-state index contributed by atoms with van der Waals surface area (Å²) in [6.45, 7) is 5.11. The number of pyridine rings is 1. The molecule has 0 spiro atoms. The van der Waals surface area contributed by atoms with Gasteiger partial charge in [0.2, 0.25) is 5.88 Å². The van der Waals surface area contributed by atoms with Crippen LogP contribution in [-0.2, 0) is 6.18 Å². The first-order valence-corrected chi connectivity index (χ1v) is 10.5. The summed E-state index contributed by atoms with van der Waals surface area (Å²) >= 11 is 6.25. The Morgan fingerprint density at radius 3 is 2.56 bits per heavy atom. The lowest BCUT2D eigenvalue weighted by Crippen LogP contribution is -2.30. The van der Waals surface area contributed by atoms with Crippen LogP contribution < -0.4 is 5.32 Å². The number of carbonyl (C=O) groups excluding carboxylic acids is 1. The van der Waals surface area contributed by atoms with Gasteiger partial charge in [-0.15, -0.1) is 0 Å². The zero-order valence-corrected chi connectivity index (χ0v) is 18.8. The quantitative estimate of drug-likeness (QED) is 0.509. The number of nitrogens with one attached hydrogen (secondary N) is 1. The lowest BCUT2D eigenvalue weighted by atomic mass is 10.00. The summed E-state index contributed by atoms with van der Waals surface area (Å²) in [5.74, 6) is -1.72. The second kappa shape index (κ2) is 8.39. The predicted molar refractivity (Wildman–Crippen MR) is 116 cm³/mol. The highest BCUT2D eigenvalue weighted by Gasteiger charge is 2.38. The van der Waals surface area contributed by atoms with Gasteiger partial charge in [0.05, 0.1) is 22.0 Å². The van der Waals surface area contributed by atoms with Crippen molar-refractivity contribution in [2.75, 3.05) is 0 Å². The van der Waals surface area contributed by atoms with Crippen molar-refractivity contribution in [2.45, 2.75) is 39.0 Å². The van der Waals surface area contributed by atoms with E-state index in [9.17, 15) is 27.5 Å². The molecule has 2 N–H and O–H groups in total. The average Bonchev–Trinajstić information content (AvgIpc) is 3.14. The van der Waals surface area contributed by atoms with Gasteiger partial charge >= 0.3 is 6.18 Å². The fourth-order valence-corrected chi connectivity index (χ4v) is 3.99. The fourth-order valence-electron chi connectivity index (χ4n) is 3.63. The Labute approximate surface area is 196 Å². The molecule has 3 heterocycles. The van der Waals surface area contributed by atoms with Crippen molar-refractivity contribution in [1.82, 2.24) is 19.9 Å². The number of halogens is 5. The topological polar surface area (TPSA) is 92.4 Å². The molecule has 3 aromatic rings. The molecule has 4 rings (SSSR count). The first-order chi connectivity index (χ1) is 15.9. The number of fused-ring (bicyclic) bond motifs is 3. The number of carbonyl (C=O) groups is 1. The molecule has 1 amide bonds. The molecule has 0 saturated carbocycles. The Morgan fingerprint density at radius 1 is 1.21 bits per heavy atom. The maximum atomic E-state index is 14.7. The van der Waals surface area contributed by atoms with Crippen molar-refractivity contribution in [3.8, 4) is 11.6 Å². The van der Waals surface area contributed by atoms with Crippen LogP contribution >= 0.6 is 11.6 Å². The largest absolute Gasteiger partial charge is 0.493 e. The molecule has 0 aliphatic carbocycles. The number of aromatic hydroxyl groups is 1. The molecule has 0 fully saturated rings. The number of alkyl halides is 3. The lowest BCUT2D eigenvalue weighted by molar-refractivity contribution is -0.137. The van der Waals surface area contributed by atoms with Gasteiger partial charge in [-0.1, -0.05) is 11.6 Å². The number of aromatic nitrogens is 3. The van der Waals surface area contributed by atoms with Crippen LogP contribution in [-0.4, -0.2) is 37.3 Å². The van der Waals surface area contributed by atoms with Crippen molar-refractivity contribution in [1.29, 1.82) is 0 Å². The van der Waals surface area contributed by atoms with Crippen LogP contribution in [0.3, 0.4) is 0 Å². The molecular weight excluding hydrogens is 478 g/mol. The number of imidazole rings is 1. The van der Waals surface area contributed by atoms with Crippen LogP contribution in [0.1, 0.15) is 59.9 Å². The highest BCUT2D eigenvalue weighted by atomic mass is 35.5. The van der Waals surface area contributed by atoms with Crippen molar-refractivity contribution >= 4 is 23.2 Å². The molecule has 1 aliphatic rings. The minimum atomic E-state index is -4.81. The van der Waals surface area contributed by atoms with Gasteiger partial charge in [0, 0.05) is 23.9 Å². The van der Waals surface area contributed by atoms with Crippen LogP contribution in [0, 0.1) is 5.82 Å². The van der Waals surface area contributed by atoms with Crippen LogP contribution in [0.5, 0.6) is 5.88 Å². The van der Waals surface area contributed by atoms with Crippen molar-refractivity contribution < 1.29 is 27.5 Å². The minimum Gasteiger partial charge on any atom is -0.493 e. The van der Waals surface area contributed by atoms with E-state index in [0.29, 0.717) is 0 Å². The number of rotatable bonds is 3. The van der Waals surface area contributed by atoms with Crippen molar-refractivity contribution in [2.24, 2.45) is 4.99 Å². The normalized spacial score (nSPS) is 15.4. The summed E-state index contributed by atoms with van der Waals surface area (Å²) in [6.07, 6.45) is -3.45. The Kier molecular flexibility index (Phi) is 5.84. The second-order valence-electron chi connectivity index (χ2n) is 7.96. The maximum absolute atomic E-state index is 14.7. The first kappa shape index (κ1) is 23.7. The van der Waals surface area contributed by atoms with Gasteiger partial charge in [0.1, 0.15) is 23.3 Å². The van der Waals surface area contributed by atoms with E-state index < -0.39 is 46.1 Å². The third kappa shape index (κ3) is 4.11. The maximum Gasteiger partial charge on any atom is 0.417 e. The summed E-state index contributed by atoms with van der Waals surface area (Å²) in [4.78, 5) is 25.0. The molecule has 0 radical (unpaired) electrons. The van der Waals surface area contributed by atoms with Crippen molar-refractivity contribution in [3.05, 3.63) is 69.6 Å². The molecule has 0 bridgehead atoms. The van der Waals surface area contributed by atoms with Crippen molar-refractivity contribution in [3.63, 3.8) is 0 Å². The van der Waals surface area contributed by atoms with E-state index in [1.165, 1.54) is 10.8 Å². The van der Waals surface area contributed by atoms with Gasteiger partial charge in [-0.3, -0.25) is 9.79 Å². The lowest BCUT2D eigenvalue weighted by Gasteiger charge is -2.17. The van der Waals surface area contributed by atoms with Gasteiger partial charge < -0.3 is 15.0 Å². The van der Waals surface area contributed by atoms with E-state index in [1.807, 2.05) is 0 Å². The van der Waals surface area contributed by atoms with Gasteiger partial charge in [-0.2, -0.15) is 13.2 Å². The van der Waals surface area contributed by atoms with Crippen LogP contribution in [0.4, 0.5) is 17.6 Å². The SMILES string of the molecule is CC(C)NC(=O)c1cn2c(n1)[C@H](C)N=C(c1nc(O)ccc1F)c1c-2ccc(C(F)(F)F)c1Cl. The predicted octanol–water partition coefficient (Wildman–Crippen LogP) is 4.83. The minimum absolute atomic E-state index is 0.0258. The third-order valence-corrected chi connectivity index (χ3v) is 5.45. The highest BCUT2D eigenvalue weighted by Crippen LogP contribution is 2.41. The molecule has 0 unspecified atom stereocenters. The summed E-state index contributed by atoms with van der Waals surface area (Å²) in [5.41, 5.74) is -2.06. The Balaban J connectivity index is 2.03. The van der Waals surface area contributed by atoms with Crippen LogP contribution in [0.25, 0.3) is 5.69 Å². The van der Waals surface area contributed by atoms with Gasteiger partial charge in [0.15, 0.2) is 5.82 Å². The molecule has 1 aliphatic heterocycles. The van der Waals surface area contributed by atoms with E-state index in [4.69, 9.17) is 11.6 Å². The molecule has 34 heavy (non-hydrogen) atoms. The number of benzene rings is 1. The molecular formula is C22H18ClF4N5O2. The number of amides is 1. The van der Waals surface area contributed by atoms with Gasteiger partial charge in [-0.25, -0.2) is 14.4 Å². The average molecular weight is 496 g/mol.